The van der Waals surface area contributed by atoms with Crippen LogP contribution in [-0.4, -0.2) is 97.3 Å². The third-order valence-corrected chi connectivity index (χ3v) is 7.78. The molecule has 0 unspecified atom stereocenters. The van der Waals surface area contributed by atoms with Crippen LogP contribution >= 0.6 is 11.8 Å². The third-order valence-electron chi connectivity index (χ3n) is 6.35. The Morgan fingerprint density at radius 1 is 1.11 bits per heavy atom. The number of nitrogens with zero attached hydrogens (tertiary/aromatic N) is 3. The molecule has 0 bridgehead atoms. The fourth-order valence-corrected chi connectivity index (χ4v) is 5.64. The van der Waals surface area contributed by atoms with Gasteiger partial charge in [-0.3, -0.25) is 29.0 Å². The summed E-state index contributed by atoms with van der Waals surface area (Å²) in [6.07, 6.45) is 0. The number of phenolic OH excluding ortho intramolecular Hbond substituents is 1. The smallest absolute Gasteiger partial charge is 0.352 e. The molecule has 0 spiro atoms. The molecule has 0 aromatic heterocycles. The van der Waals surface area contributed by atoms with Gasteiger partial charge in [-0.25, -0.2) is 9.59 Å². The van der Waals surface area contributed by atoms with Gasteiger partial charge in [0.15, 0.2) is 0 Å². The summed E-state index contributed by atoms with van der Waals surface area (Å²) < 4.78 is 0. The van der Waals surface area contributed by atoms with E-state index < -0.39 is 53.1 Å². The first kappa shape index (κ1) is 26.0. The minimum atomic E-state index is -1.38. The molecule has 196 valence electrons. The molecule has 0 aliphatic carbocycles. The predicted molar refractivity (Wildman–Crippen MR) is 129 cm³/mol. The summed E-state index contributed by atoms with van der Waals surface area (Å²) in [6, 6.07) is 2.00. The predicted octanol–water partition coefficient (Wildman–Crippen LogP) is -0.408. The lowest BCUT2D eigenvalue weighted by Crippen LogP contribution is -2.71. The highest BCUT2D eigenvalue weighted by Gasteiger charge is 2.54. The Bertz CT molecular complexity index is 1220. The van der Waals surface area contributed by atoms with Crippen molar-refractivity contribution in [2.45, 2.75) is 31.3 Å². The molecular weight excluding hydrogens is 506 g/mol. The maximum atomic E-state index is 13.3. The van der Waals surface area contributed by atoms with Crippen molar-refractivity contribution in [3.8, 4) is 5.75 Å². The Kier molecular flexibility index (Phi) is 7.12. The summed E-state index contributed by atoms with van der Waals surface area (Å²) in [5.41, 5.74) is 0.664. The Balaban J connectivity index is 1.53. The number of hydrogen-bond donors (Lipinski definition) is 4. The number of aliphatic carboxylic acids is 1. The average Bonchev–Trinajstić information content (AvgIpc) is 2.87. The lowest BCUT2D eigenvalue weighted by molar-refractivity contribution is -0.153. The molecule has 3 heterocycles. The van der Waals surface area contributed by atoms with Gasteiger partial charge in [-0.2, -0.15) is 0 Å². The van der Waals surface area contributed by atoms with Crippen LogP contribution in [0.15, 0.2) is 35.5 Å². The van der Waals surface area contributed by atoms with E-state index in [0.29, 0.717) is 17.9 Å². The third kappa shape index (κ3) is 4.71. The molecule has 3 aliphatic heterocycles. The molecule has 2 saturated heterocycles. The topological polar surface area (TPSA) is 177 Å². The molecule has 13 nitrogen and oxygen atoms in total. The van der Waals surface area contributed by atoms with Crippen molar-refractivity contribution in [3.63, 3.8) is 0 Å². The fraction of sp³-hybridized carbons (Fsp3) is 0.391. The number of amides is 6. The molecule has 2 fully saturated rings. The van der Waals surface area contributed by atoms with Gasteiger partial charge in [-0.15, -0.1) is 11.8 Å². The fourth-order valence-electron chi connectivity index (χ4n) is 4.35. The summed E-state index contributed by atoms with van der Waals surface area (Å²) in [6.45, 7) is 3.72. The van der Waals surface area contributed by atoms with Gasteiger partial charge in [0.1, 0.15) is 28.9 Å². The summed E-state index contributed by atoms with van der Waals surface area (Å²) >= 11 is 1.30. The van der Waals surface area contributed by atoms with E-state index in [1.165, 1.54) is 40.9 Å². The minimum absolute atomic E-state index is 0.0629. The zero-order valence-corrected chi connectivity index (χ0v) is 20.8. The molecule has 14 heteroatoms. The number of likely N-dealkylation sites (N-methyl/N-ethyl adjacent to an activating group) is 1. The van der Waals surface area contributed by atoms with Crippen LogP contribution in [0.5, 0.6) is 5.75 Å². The molecule has 37 heavy (non-hydrogen) atoms. The van der Waals surface area contributed by atoms with Crippen LogP contribution in [-0.2, 0) is 24.0 Å². The highest BCUT2D eigenvalue weighted by Crippen LogP contribution is 2.40. The van der Waals surface area contributed by atoms with Gasteiger partial charge in [-0.1, -0.05) is 12.1 Å². The van der Waals surface area contributed by atoms with E-state index in [4.69, 9.17) is 0 Å². The van der Waals surface area contributed by atoms with Crippen molar-refractivity contribution in [1.29, 1.82) is 0 Å². The van der Waals surface area contributed by atoms with Crippen molar-refractivity contribution in [3.05, 3.63) is 41.1 Å². The number of thioether (sulfide) groups is 1. The van der Waals surface area contributed by atoms with Gasteiger partial charge in [0.25, 0.3) is 5.91 Å². The normalized spacial score (nSPS) is 22.3. The summed E-state index contributed by atoms with van der Waals surface area (Å²) in [4.78, 5) is 78.5. The second-order valence-corrected chi connectivity index (χ2v) is 9.75. The number of piperazine rings is 1. The Morgan fingerprint density at radius 2 is 1.78 bits per heavy atom. The largest absolute Gasteiger partial charge is 0.508 e. The number of aromatic hydroxyl groups is 1. The number of rotatable bonds is 6. The van der Waals surface area contributed by atoms with Crippen molar-refractivity contribution in [2.75, 3.05) is 25.4 Å². The van der Waals surface area contributed by atoms with E-state index in [1.54, 1.807) is 13.8 Å². The number of urea groups is 1. The van der Waals surface area contributed by atoms with E-state index in [0.717, 1.165) is 9.80 Å². The lowest BCUT2D eigenvalue weighted by atomic mass is 10.0. The number of benzene rings is 1. The highest BCUT2D eigenvalue weighted by atomic mass is 32.2. The second-order valence-electron chi connectivity index (χ2n) is 8.65. The number of phenols is 1. The van der Waals surface area contributed by atoms with Gasteiger partial charge in [0, 0.05) is 25.4 Å². The maximum absolute atomic E-state index is 13.3. The summed E-state index contributed by atoms with van der Waals surface area (Å²) in [7, 11) is 0. The molecule has 3 aliphatic rings. The summed E-state index contributed by atoms with van der Waals surface area (Å²) in [5, 5.41) is 23.5. The van der Waals surface area contributed by atoms with Crippen LogP contribution < -0.4 is 10.6 Å². The van der Waals surface area contributed by atoms with Gasteiger partial charge < -0.3 is 25.7 Å². The minimum Gasteiger partial charge on any atom is -0.508 e. The Hall–Kier alpha value is -4.07. The number of carbonyl (C=O) groups is 6. The van der Waals surface area contributed by atoms with Crippen molar-refractivity contribution >= 4 is 47.4 Å². The van der Waals surface area contributed by atoms with E-state index in [2.05, 4.69) is 10.6 Å². The van der Waals surface area contributed by atoms with Crippen LogP contribution in [0.25, 0.3) is 0 Å². The molecule has 4 N–H and O–H groups in total. The first-order valence-electron chi connectivity index (χ1n) is 11.4. The van der Waals surface area contributed by atoms with Crippen molar-refractivity contribution < 1.29 is 39.0 Å². The molecule has 1 aromatic rings. The van der Waals surface area contributed by atoms with E-state index >= 15 is 0 Å². The highest BCUT2D eigenvalue weighted by molar-refractivity contribution is 8.00. The summed E-state index contributed by atoms with van der Waals surface area (Å²) in [5.74, 6) is -4.21. The first-order valence-corrected chi connectivity index (χ1v) is 12.5. The Morgan fingerprint density at radius 3 is 2.41 bits per heavy atom. The molecule has 1 aromatic carbocycles. The molecule has 4 rings (SSSR count). The van der Waals surface area contributed by atoms with Crippen molar-refractivity contribution in [2.24, 2.45) is 0 Å². The Labute approximate surface area is 215 Å². The SMILES string of the molecule is CCN1CCN(C(=O)N[C@@H](C(=O)N[C@@H]2C(=O)N3C(C(=O)O)=C(C)CS[C@H]23)c2ccc(O)cc2)C(=O)C1=O. The molecule has 6 amide bonds. The van der Waals surface area contributed by atoms with Crippen LogP contribution in [0.1, 0.15) is 25.5 Å². The number of imide groups is 1. The second kappa shape index (κ2) is 10.1. The molecular formula is C23H25N5O8S. The lowest BCUT2D eigenvalue weighted by Gasteiger charge is -2.49. The molecule has 0 radical (unpaired) electrons. The number of β-lactam (4-membered cyclic amide) rings is 1. The maximum Gasteiger partial charge on any atom is 0.352 e. The number of nitrogens with one attached hydrogen (secondary N) is 2. The van der Waals surface area contributed by atoms with Crippen LogP contribution in [0, 0.1) is 0 Å². The van der Waals surface area contributed by atoms with Crippen LogP contribution in [0.3, 0.4) is 0 Å². The molecule has 0 saturated carbocycles. The number of carbonyl (C=O) groups excluding carboxylic acids is 5. The number of carboxylic acid groups (broad SMARTS) is 1. The van der Waals surface area contributed by atoms with Gasteiger partial charge in [0.2, 0.25) is 5.91 Å². The van der Waals surface area contributed by atoms with E-state index in [-0.39, 0.29) is 30.1 Å². The van der Waals surface area contributed by atoms with Crippen LogP contribution in [0.4, 0.5) is 4.79 Å². The zero-order valence-electron chi connectivity index (χ0n) is 20.0. The van der Waals surface area contributed by atoms with Gasteiger partial charge >= 0.3 is 23.8 Å². The quantitative estimate of drug-likeness (QED) is 0.281. The molecule has 3 atom stereocenters. The van der Waals surface area contributed by atoms with Crippen molar-refractivity contribution in [1.82, 2.24) is 25.3 Å². The number of fused-ring (bicyclic) bond motifs is 1. The van der Waals surface area contributed by atoms with Crippen LogP contribution in [0.2, 0.25) is 0 Å². The standard InChI is InChI=1S/C23H25N5O8S/c1-3-26-8-9-27(20(33)19(26)32)23(36)25-14(12-4-6-13(29)7-5-12)17(30)24-15-18(31)28-16(22(34)35)11(2)10-37-21(15)28/h4-7,14-15,21,29H,3,8-10H2,1-2H3,(H,24,30)(H,25,36)(H,34,35)/t14-,15-,21-/m1/s1. The van der Waals surface area contributed by atoms with E-state index in [9.17, 15) is 39.0 Å². The first-order chi connectivity index (χ1) is 17.5. The van der Waals surface area contributed by atoms with E-state index in [1.807, 2.05) is 0 Å². The van der Waals surface area contributed by atoms with Gasteiger partial charge in [-0.05, 0) is 37.1 Å². The average molecular weight is 532 g/mol. The zero-order chi connectivity index (χ0) is 27.0. The van der Waals surface area contributed by atoms with Gasteiger partial charge in [0.05, 0.1) is 0 Å². The number of carboxylic acids is 1. The monoisotopic (exact) mass is 531 g/mol. The number of hydrogen-bond acceptors (Lipinski definition) is 8.